The molecule has 0 aliphatic carbocycles. The molecule has 1 heterocycles. The average molecular weight is 405 g/mol. The topological polar surface area (TPSA) is 83.3 Å². The third kappa shape index (κ3) is 6.48. The second kappa shape index (κ2) is 10.8. The number of rotatable bonds is 8. The van der Waals surface area contributed by atoms with E-state index < -0.39 is 0 Å². The number of aliphatic imine (C=N–C) groups is 1. The zero-order valence-corrected chi connectivity index (χ0v) is 17.4. The Labute approximate surface area is 177 Å². The van der Waals surface area contributed by atoms with Crippen molar-refractivity contribution in [1.29, 1.82) is 0 Å². The monoisotopic (exact) mass is 404 g/mol. The van der Waals surface area contributed by atoms with E-state index >= 15 is 0 Å². The molecule has 0 aliphatic heterocycles. The lowest BCUT2D eigenvalue weighted by atomic mass is 10.1. The molecule has 3 rings (SSSR count). The van der Waals surface area contributed by atoms with Crippen molar-refractivity contribution in [3.8, 4) is 0 Å². The number of nitrogens with one attached hydrogen (secondary N) is 3. The SMILES string of the molecule is CCNC(=NCc1cccc(NC(=O)Cn2cccn2)c1)NCc1ccccc1C. The summed E-state index contributed by atoms with van der Waals surface area (Å²) >= 11 is 0. The van der Waals surface area contributed by atoms with Gasteiger partial charge >= 0.3 is 0 Å². The lowest BCUT2D eigenvalue weighted by Gasteiger charge is -2.13. The number of guanidine groups is 1. The van der Waals surface area contributed by atoms with E-state index in [0.717, 1.165) is 23.8 Å². The van der Waals surface area contributed by atoms with Gasteiger partial charge in [0, 0.05) is 31.2 Å². The Bertz CT molecular complexity index is 981. The van der Waals surface area contributed by atoms with Crippen LogP contribution in [0.4, 0.5) is 5.69 Å². The summed E-state index contributed by atoms with van der Waals surface area (Å²) < 4.78 is 1.59. The Morgan fingerprint density at radius 2 is 1.97 bits per heavy atom. The van der Waals surface area contributed by atoms with E-state index in [-0.39, 0.29) is 12.5 Å². The molecule has 0 aliphatic rings. The minimum atomic E-state index is -0.118. The molecule has 0 saturated heterocycles. The quantitative estimate of drug-likeness (QED) is 0.398. The minimum absolute atomic E-state index is 0.118. The van der Waals surface area contributed by atoms with Gasteiger partial charge < -0.3 is 16.0 Å². The number of aryl methyl sites for hydroxylation is 1. The van der Waals surface area contributed by atoms with Gasteiger partial charge in [-0.3, -0.25) is 9.48 Å². The van der Waals surface area contributed by atoms with Gasteiger partial charge in [-0.05, 0) is 48.7 Å². The first-order valence-electron chi connectivity index (χ1n) is 10.1. The molecular weight excluding hydrogens is 376 g/mol. The van der Waals surface area contributed by atoms with Crippen LogP contribution in [0.25, 0.3) is 0 Å². The molecule has 0 bridgehead atoms. The molecule has 0 saturated carbocycles. The van der Waals surface area contributed by atoms with Gasteiger partial charge in [0.15, 0.2) is 5.96 Å². The smallest absolute Gasteiger partial charge is 0.246 e. The fraction of sp³-hybridized carbons (Fsp3) is 0.261. The zero-order chi connectivity index (χ0) is 21.2. The van der Waals surface area contributed by atoms with Crippen LogP contribution in [-0.4, -0.2) is 28.2 Å². The van der Waals surface area contributed by atoms with Crippen LogP contribution in [0.15, 0.2) is 72.0 Å². The van der Waals surface area contributed by atoms with Gasteiger partial charge in [0.2, 0.25) is 5.91 Å². The van der Waals surface area contributed by atoms with Crippen molar-refractivity contribution < 1.29 is 4.79 Å². The van der Waals surface area contributed by atoms with Crippen molar-refractivity contribution in [2.75, 3.05) is 11.9 Å². The highest BCUT2D eigenvalue weighted by atomic mass is 16.2. The Morgan fingerprint density at radius 3 is 2.73 bits per heavy atom. The molecular formula is C23H28N6O. The largest absolute Gasteiger partial charge is 0.357 e. The lowest BCUT2D eigenvalue weighted by molar-refractivity contribution is -0.116. The Hall–Kier alpha value is -3.61. The highest BCUT2D eigenvalue weighted by Crippen LogP contribution is 2.12. The molecule has 3 N–H and O–H groups in total. The van der Waals surface area contributed by atoms with Gasteiger partial charge in [0.05, 0.1) is 6.54 Å². The maximum absolute atomic E-state index is 12.2. The number of nitrogens with zero attached hydrogens (tertiary/aromatic N) is 3. The van der Waals surface area contributed by atoms with Gasteiger partial charge in [-0.25, -0.2) is 4.99 Å². The van der Waals surface area contributed by atoms with E-state index in [1.165, 1.54) is 11.1 Å². The zero-order valence-electron chi connectivity index (χ0n) is 17.4. The third-order valence-electron chi connectivity index (χ3n) is 4.55. The predicted octanol–water partition coefficient (Wildman–Crippen LogP) is 3.09. The average Bonchev–Trinajstić information content (AvgIpc) is 3.24. The minimum Gasteiger partial charge on any atom is -0.357 e. The number of benzene rings is 2. The number of amides is 1. The van der Waals surface area contributed by atoms with Crippen LogP contribution in [0.1, 0.15) is 23.6 Å². The fourth-order valence-corrected chi connectivity index (χ4v) is 2.99. The normalized spacial score (nSPS) is 11.2. The number of carbonyl (C=O) groups excluding carboxylic acids is 1. The second-order valence-electron chi connectivity index (χ2n) is 6.93. The predicted molar refractivity (Wildman–Crippen MR) is 120 cm³/mol. The molecule has 30 heavy (non-hydrogen) atoms. The number of hydrogen-bond donors (Lipinski definition) is 3. The van der Waals surface area contributed by atoms with Crippen molar-refractivity contribution in [1.82, 2.24) is 20.4 Å². The first-order chi connectivity index (χ1) is 14.6. The second-order valence-corrected chi connectivity index (χ2v) is 6.93. The molecule has 0 atom stereocenters. The molecule has 1 aromatic heterocycles. The van der Waals surface area contributed by atoms with Crippen LogP contribution in [0.3, 0.4) is 0 Å². The van der Waals surface area contributed by atoms with Crippen molar-refractivity contribution in [3.63, 3.8) is 0 Å². The summed E-state index contributed by atoms with van der Waals surface area (Å²) in [6, 6.07) is 17.8. The van der Waals surface area contributed by atoms with Gasteiger partial charge in [-0.1, -0.05) is 36.4 Å². The summed E-state index contributed by atoms with van der Waals surface area (Å²) in [5, 5.41) is 13.6. The van der Waals surface area contributed by atoms with Crippen molar-refractivity contribution >= 4 is 17.6 Å². The molecule has 3 aromatic rings. The molecule has 1 amide bonds. The highest BCUT2D eigenvalue weighted by molar-refractivity contribution is 5.90. The first kappa shape index (κ1) is 21.1. The number of carbonyl (C=O) groups is 1. The summed E-state index contributed by atoms with van der Waals surface area (Å²) in [6.07, 6.45) is 3.41. The first-order valence-corrected chi connectivity index (χ1v) is 10.1. The summed E-state index contributed by atoms with van der Waals surface area (Å²) in [4.78, 5) is 16.8. The molecule has 0 unspecified atom stereocenters. The maximum Gasteiger partial charge on any atom is 0.246 e. The Morgan fingerprint density at radius 1 is 1.10 bits per heavy atom. The molecule has 7 heteroatoms. The van der Waals surface area contributed by atoms with Crippen LogP contribution in [0.2, 0.25) is 0 Å². The molecule has 2 aromatic carbocycles. The van der Waals surface area contributed by atoms with Gasteiger partial charge in [-0.2, -0.15) is 5.10 Å². The van der Waals surface area contributed by atoms with Gasteiger partial charge in [-0.15, -0.1) is 0 Å². The van der Waals surface area contributed by atoms with E-state index in [9.17, 15) is 4.79 Å². The van der Waals surface area contributed by atoms with Crippen molar-refractivity contribution in [3.05, 3.63) is 83.7 Å². The molecule has 0 radical (unpaired) electrons. The Balaban J connectivity index is 1.59. The van der Waals surface area contributed by atoms with Crippen LogP contribution in [-0.2, 0) is 24.4 Å². The summed E-state index contributed by atoms with van der Waals surface area (Å²) in [6.45, 7) is 6.33. The van der Waals surface area contributed by atoms with Crippen molar-refractivity contribution in [2.45, 2.75) is 33.5 Å². The Kier molecular flexibility index (Phi) is 7.60. The molecule has 0 spiro atoms. The highest BCUT2D eigenvalue weighted by Gasteiger charge is 2.05. The van der Waals surface area contributed by atoms with Crippen LogP contribution in [0, 0.1) is 6.92 Å². The number of anilines is 1. The molecule has 0 fully saturated rings. The maximum atomic E-state index is 12.2. The molecule has 7 nitrogen and oxygen atoms in total. The summed E-state index contributed by atoms with van der Waals surface area (Å²) in [5.41, 5.74) is 4.25. The lowest BCUT2D eigenvalue weighted by Crippen LogP contribution is -2.36. The van der Waals surface area contributed by atoms with E-state index in [4.69, 9.17) is 0 Å². The van der Waals surface area contributed by atoms with Crippen LogP contribution in [0.5, 0.6) is 0 Å². The fourth-order valence-electron chi connectivity index (χ4n) is 2.99. The van der Waals surface area contributed by atoms with E-state index in [2.05, 4.69) is 45.1 Å². The van der Waals surface area contributed by atoms with Crippen molar-refractivity contribution in [2.24, 2.45) is 4.99 Å². The standard InChI is InChI=1S/C23H28N6O/c1-3-24-23(26-16-20-10-5-4-8-18(20)2)25-15-19-9-6-11-21(14-19)28-22(30)17-29-13-7-12-27-29/h4-14H,3,15-17H2,1-2H3,(H,28,30)(H2,24,25,26). The van der Waals surface area contributed by atoms with E-state index in [1.54, 1.807) is 23.1 Å². The third-order valence-corrected chi connectivity index (χ3v) is 4.55. The van der Waals surface area contributed by atoms with E-state index in [1.807, 2.05) is 43.3 Å². The number of hydrogen-bond acceptors (Lipinski definition) is 3. The van der Waals surface area contributed by atoms with Crippen LogP contribution >= 0.6 is 0 Å². The van der Waals surface area contributed by atoms with Gasteiger partial charge in [0.25, 0.3) is 0 Å². The number of aromatic nitrogens is 2. The molecule has 156 valence electrons. The summed E-state index contributed by atoms with van der Waals surface area (Å²) in [5.74, 6) is 0.640. The van der Waals surface area contributed by atoms with Gasteiger partial charge in [0.1, 0.15) is 6.54 Å². The van der Waals surface area contributed by atoms with E-state index in [0.29, 0.717) is 13.1 Å². The van der Waals surface area contributed by atoms with Crippen LogP contribution < -0.4 is 16.0 Å². The summed E-state index contributed by atoms with van der Waals surface area (Å²) in [7, 11) is 0.